The zero-order valence-corrected chi connectivity index (χ0v) is 15.0. The number of carbonyl (C=O) groups is 1. The van der Waals surface area contributed by atoms with E-state index in [1.807, 2.05) is 0 Å². The lowest BCUT2D eigenvalue weighted by Crippen LogP contribution is -2.33. The molecule has 2 aromatic carbocycles. The van der Waals surface area contributed by atoms with Gasteiger partial charge in [0.15, 0.2) is 11.6 Å². The number of amides is 1. The number of hydrogen-bond donors (Lipinski definition) is 1. The fourth-order valence-electron chi connectivity index (χ4n) is 2.25. The summed E-state index contributed by atoms with van der Waals surface area (Å²) >= 11 is 0. The summed E-state index contributed by atoms with van der Waals surface area (Å²) in [5, 5.41) is 2.62. The van der Waals surface area contributed by atoms with Crippen LogP contribution in [0.3, 0.4) is 0 Å². The molecule has 9 heteroatoms. The summed E-state index contributed by atoms with van der Waals surface area (Å²) in [6, 6.07) is 9.42. The number of nitrogens with zero attached hydrogens (tertiary/aromatic N) is 1. The average Bonchev–Trinajstić information content (AvgIpc) is 2.57. The van der Waals surface area contributed by atoms with Crippen LogP contribution in [0.15, 0.2) is 42.5 Å². The first-order valence-electron chi connectivity index (χ1n) is 7.57. The smallest absolute Gasteiger partial charge is 0.232 e. The van der Waals surface area contributed by atoms with Gasteiger partial charge in [-0.15, -0.1) is 0 Å². The van der Waals surface area contributed by atoms with Crippen LogP contribution in [0.5, 0.6) is 5.75 Å². The van der Waals surface area contributed by atoms with E-state index in [0.717, 1.165) is 28.8 Å². The number of nitrogens with one attached hydrogen (secondary N) is 1. The van der Waals surface area contributed by atoms with Crippen LogP contribution >= 0.6 is 0 Å². The standard InChI is InChI=1S/C17H18F2N2O4S/c1-25-14-5-3-4-12(10-14)20-17(22)8-9-21(26(2,23)24)13-6-7-15(18)16(19)11-13/h3-7,10-11H,8-9H2,1-2H3,(H,20,22). The quantitative estimate of drug-likeness (QED) is 0.797. The van der Waals surface area contributed by atoms with Crippen LogP contribution in [-0.2, 0) is 14.8 Å². The number of carbonyl (C=O) groups excluding carboxylic acids is 1. The van der Waals surface area contributed by atoms with Crippen molar-refractivity contribution in [2.75, 3.05) is 29.5 Å². The minimum Gasteiger partial charge on any atom is -0.497 e. The molecule has 0 fully saturated rings. The van der Waals surface area contributed by atoms with Crippen LogP contribution in [0.1, 0.15) is 6.42 Å². The molecular formula is C17H18F2N2O4S. The van der Waals surface area contributed by atoms with Crippen molar-refractivity contribution in [3.05, 3.63) is 54.1 Å². The number of ether oxygens (including phenoxy) is 1. The molecule has 0 aliphatic carbocycles. The summed E-state index contributed by atoms with van der Waals surface area (Å²) < 4.78 is 56.2. The van der Waals surface area contributed by atoms with Crippen molar-refractivity contribution in [3.63, 3.8) is 0 Å². The molecule has 1 N–H and O–H groups in total. The summed E-state index contributed by atoms with van der Waals surface area (Å²) in [6.45, 7) is -0.223. The molecule has 2 aromatic rings. The maximum atomic E-state index is 13.4. The molecule has 0 aliphatic rings. The fourth-order valence-corrected chi connectivity index (χ4v) is 3.17. The first kappa shape index (κ1) is 19.6. The third kappa shape index (κ3) is 5.16. The fraction of sp³-hybridized carbons (Fsp3) is 0.235. The molecule has 0 saturated carbocycles. The second kappa shape index (κ2) is 8.13. The number of sulfonamides is 1. The summed E-state index contributed by atoms with van der Waals surface area (Å²) in [7, 11) is -2.29. The zero-order valence-electron chi connectivity index (χ0n) is 14.2. The normalized spacial score (nSPS) is 11.1. The monoisotopic (exact) mass is 384 g/mol. The van der Waals surface area contributed by atoms with Crippen molar-refractivity contribution in [2.24, 2.45) is 0 Å². The molecule has 1 amide bonds. The number of rotatable bonds is 7. The van der Waals surface area contributed by atoms with E-state index in [4.69, 9.17) is 4.74 Å². The van der Waals surface area contributed by atoms with Gasteiger partial charge in [-0.3, -0.25) is 9.10 Å². The van der Waals surface area contributed by atoms with Crippen LogP contribution in [0.2, 0.25) is 0 Å². The average molecular weight is 384 g/mol. The van der Waals surface area contributed by atoms with Gasteiger partial charge < -0.3 is 10.1 Å². The Hall–Kier alpha value is -2.68. The van der Waals surface area contributed by atoms with Crippen molar-refractivity contribution in [3.8, 4) is 5.75 Å². The van der Waals surface area contributed by atoms with E-state index in [1.54, 1.807) is 24.3 Å². The molecule has 140 valence electrons. The Bertz CT molecular complexity index is 903. The SMILES string of the molecule is COc1cccc(NC(=O)CCN(c2ccc(F)c(F)c2)S(C)(=O)=O)c1. The van der Waals surface area contributed by atoms with Gasteiger partial charge in [-0.1, -0.05) is 6.07 Å². The van der Waals surface area contributed by atoms with Gasteiger partial charge in [-0.2, -0.15) is 0 Å². The number of methoxy groups -OCH3 is 1. The Kier molecular flexibility index (Phi) is 6.14. The predicted molar refractivity (Wildman–Crippen MR) is 94.8 cm³/mol. The Balaban J connectivity index is 2.09. The van der Waals surface area contributed by atoms with Crippen molar-refractivity contribution >= 4 is 27.3 Å². The summed E-state index contributed by atoms with van der Waals surface area (Å²) in [5.41, 5.74) is 0.439. The van der Waals surface area contributed by atoms with Gasteiger partial charge in [-0.05, 0) is 24.3 Å². The number of hydrogen-bond acceptors (Lipinski definition) is 4. The molecular weight excluding hydrogens is 366 g/mol. The van der Waals surface area contributed by atoms with Crippen molar-refractivity contribution in [1.29, 1.82) is 0 Å². The minimum atomic E-state index is -3.78. The van der Waals surface area contributed by atoms with Crippen molar-refractivity contribution in [2.45, 2.75) is 6.42 Å². The van der Waals surface area contributed by atoms with E-state index < -0.39 is 27.6 Å². The number of anilines is 2. The Morgan fingerprint density at radius 2 is 1.88 bits per heavy atom. The third-order valence-electron chi connectivity index (χ3n) is 3.49. The second-order valence-corrected chi connectivity index (χ2v) is 7.37. The topological polar surface area (TPSA) is 75.7 Å². The Morgan fingerprint density at radius 3 is 2.50 bits per heavy atom. The van der Waals surface area contributed by atoms with E-state index in [9.17, 15) is 22.0 Å². The van der Waals surface area contributed by atoms with E-state index in [-0.39, 0.29) is 18.7 Å². The molecule has 26 heavy (non-hydrogen) atoms. The summed E-state index contributed by atoms with van der Waals surface area (Å²) in [6.07, 6.45) is 0.748. The van der Waals surface area contributed by atoms with Gasteiger partial charge in [0.25, 0.3) is 0 Å². The van der Waals surface area contributed by atoms with Crippen LogP contribution < -0.4 is 14.4 Å². The molecule has 0 spiro atoms. The van der Waals surface area contributed by atoms with E-state index in [1.165, 1.54) is 7.11 Å². The number of benzene rings is 2. The lowest BCUT2D eigenvalue weighted by molar-refractivity contribution is -0.116. The molecule has 6 nitrogen and oxygen atoms in total. The molecule has 0 bridgehead atoms. The van der Waals surface area contributed by atoms with Gasteiger partial charge in [0.05, 0.1) is 19.1 Å². The highest BCUT2D eigenvalue weighted by atomic mass is 32.2. The molecule has 0 aliphatic heterocycles. The molecule has 0 aromatic heterocycles. The van der Waals surface area contributed by atoms with Crippen LogP contribution in [-0.4, -0.2) is 34.2 Å². The summed E-state index contributed by atoms with van der Waals surface area (Å²) in [5.74, 6) is -2.13. The first-order chi connectivity index (χ1) is 12.2. The highest BCUT2D eigenvalue weighted by molar-refractivity contribution is 7.92. The van der Waals surface area contributed by atoms with E-state index >= 15 is 0 Å². The Morgan fingerprint density at radius 1 is 1.15 bits per heavy atom. The van der Waals surface area contributed by atoms with Gasteiger partial charge in [0.2, 0.25) is 15.9 Å². The van der Waals surface area contributed by atoms with Crippen LogP contribution in [0, 0.1) is 11.6 Å². The molecule has 0 atom stereocenters. The third-order valence-corrected chi connectivity index (χ3v) is 4.68. The van der Waals surface area contributed by atoms with Crippen LogP contribution in [0.4, 0.5) is 20.2 Å². The molecule has 2 rings (SSSR count). The predicted octanol–water partition coefficient (Wildman–Crippen LogP) is 2.77. The van der Waals surface area contributed by atoms with E-state index in [2.05, 4.69) is 5.32 Å². The largest absolute Gasteiger partial charge is 0.497 e. The number of halogens is 2. The van der Waals surface area contributed by atoms with E-state index in [0.29, 0.717) is 11.4 Å². The van der Waals surface area contributed by atoms with Gasteiger partial charge in [0, 0.05) is 30.8 Å². The minimum absolute atomic E-state index is 0.0550. The second-order valence-electron chi connectivity index (χ2n) is 5.46. The molecule has 0 heterocycles. The zero-order chi connectivity index (χ0) is 19.3. The lowest BCUT2D eigenvalue weighted by Gasteiger charge is -2.22. The van der Waals surface area contributed by atoms with Gasteiger partial charge in [-0.25, -0.2) is 17.2 Å². The van der Waals surface area contributed by atoms with Crippen LogP contribution in [0.25, 0.3) is 0 Å². The summed E-state index contributed by atoms with van der Waals surface area (Å²) in [4.78, 5) is 12.1. The molecule has 0 radical (unpaired) electrons. The van der Waals surface area contributed by atoms with Crippen molar-refractivity contribution in [1.82, 2.24) is 0 Å². The first-order valence-corrected chi connectivity index (χ1v) is 9.42. The molecule has 0 unspecified atom stereocenters. The van der Waals surface area contributed by atoms with Crippen molar-refractivity contribution < 1.29 is 26.7 Å². The van der Waals surface area contributed by atoms with Gasteiger partial charge >= 0.3 is 0 Å². The molecule has 0 saturated heterocycles. The highest BCUT2D eigenvalue weighted by Crippen LogP contribution is 2.21. The van der Waals surface area contributed by atoms with Gasteiger partial charge in [0.1, 0.15) is 5.75 Å². The highest BCUT2D eigenvalue weighted by Gasteiger charge is 2.20. The maximum absolute atomic E-state index is 13.4. The Labute approximate surface area is 150 Å². The lowest BCUT2D eigenvalue weighted by atomic mass is 10.2. The maximum Gasteiger partial charge on any atom is 0.232 e.